The van der Waals surface area contributed by atoms with Gasteiger partial charge in [0.05, 0.1) is 6.61 Å². The molecule has 0 saturated carbocycles. The Balaban J connectivity index is 2.29. The lowest BCUT2D eigenvalue weighted by molar-refractivity contribution is 0.341. The van der Waals surface area contributed by atoms with Crippen molar-refractivity contribution in [2.24, 2.45) is 5.92 Å². The van der Waals surface area contributed by atoms with Gasteiger partial charge in [0.2, 0.25) is 0 Å². The van der Waals surface area contributed by atoms with Crippen molar-refractivity contribution in [3.05, 3.63) is 24.3 Å². The minimum absolute atomic E-state index is 0.184. The summed E-state index contributed by atoms with van der Waals surface area (Å²) in [6, 6.07) is 0. The molecule has 1 nitrogen and oxygen atoms in total. The minimum atomic E-state index is 0.184. The fraction of sp³-hybridized carbons (Fsp3) is 0.600. The summed E-state index contributed by atoms with van der Waals surface area (Å²) < 4.78 is 0. The summed E-state index contributed by atoms with van der Waals surface area (Å²) >= 11 is 0. The van der Waals surface area contributed by atoms with E-state index in [1.54, 1.807) is 0 Å². The highest BCUT2D eigenvalue weighted by molar-refractivity contribution is 4.94. The van der Waals surface area contributed by atoms with Gasteiger partial charge in [-0.1, -0.05) is 24.3 Å². The van der Waals surface area contributed by atoms with E-state index in [9.17, 15) is 0 Å². The van der Waals surface area contributed by atoms with Crippen molar-refractivity contribution < 1.29 is 5.11 Å². The number of aliphatic hydroxyl groups excluding tert-OH is 1. The molecule has 0 radical (unpaired) electrons. The lowest BCUT2D eigenvalue weighted by Crippen LogP contribution is -1.93. The minimum Gasteiger partial charge on any atom is -0.392 e. The average molecular weight is 152 g/mol. The van der Waals surface area contributed by atoms with Gasteiger partial charge in [0.25, 0.3) is 0 Å². The van der Waals surface area contributed by atoms with E-state index < -0.39 is 0 Å². The molecule has 1 heteroatoms. The highest BCUT2D eigenvalue weighted by Crippen LogP contribution is 2.19. The van der Waals surface area contributed by atoms with Crippen LogP contribution in [-0.4, -0.2) is 11.7 Å². The van der Waals surface area contributed by atoms with E-state index in [2.05, 4.69) is 18.2 Å². The Morgan fingerprint density at radius 2 is 1.91 bits per heavy atom. The average Bonchev–Trinajstić information content (AvgIpc) is 2.28. The van der Waals surface area contributed by atoms with Crippen molar-refractivity contribution in [1.29, 1.82) is 0 Å². The van der Waals surface area contributed by atoms with Gasteiger partial charge in [-0.25, -0.2) is 0 Å². The summed E-state index contributed by atoms with van der Waals surface area (Å²) in [5.41, 5.74) is 0. The molecule has 1 aliphatic rings. The van der Waals surface area contributed by atoms with Crippen LogP contribution in [0.25, 0.3) is 0 Å². The van der Waals surface area contributed by atoms with Crippen LogP contribution in [0.3, 0.4) is 0 Å². The number of hydrogen-bond acceptors (Lipinski definition) is 1. The molecule has 0 atom stereocenters. The van der Waals surface area contributed by atoms with Crippen molar-refractivity contribution in [3.63, 3.8) is 0 Å². The summed E-state index contributed by atoms with van der Waals surface area (Å²) in [5, 5.41) is 8.56. The largest absolute Gasteiger partial charge is 0.392 e. The van der Waals surface area contributed by atoms with Crippen LogP contribution < -0.4 is 0 Å². The molecule has 0 spiro atoms. The van der Waals surface area contributed by atoms with Gasteiger partial charge in [-0.05, 0) is 31.6 Å². The Hall–Kier alpha value is -0.560. The monoisotopic (exact) mass is 152 g/mol. The van der Waals surface area contributed by atoms with E-state index in [0.29, 0.717) is 5.92 Å². The van der Waals surface area contributed by atoms with Crippen LogP contribution in [0.2, 0.25) is 0 Å². The smallest absolute Gasteiger partial charge is 0.0612 e. The molecular weight excluding hydrogens is 136 g/mol. The predicted octanol–water partition coefficient (Wildman–Crippen LogP) is 2.28. The predicted molar refractivity (Wildman–Crippen MR) is 47.3 cm³/mol. The molecule has 1 aliphatic carbocycles. The van der Waals surface area contributed by atoms with E-state index >= 15 is 0 Å². The molecule has 0 aromatic carbocycles. The third-order valence-electron chi connectivity index (χ3n) is 2.09. The summed E-state index contributed by atoms with van der Waals surface area (Å²) in [6.07, 6.45) is 13.4. The Morgan fingerprint density at radius 3 is 2.45 bits per heavy atom. The Morgan fingerprint density at radius 1 is 1.27 bits per heavy atom. The first-order chi connectivity index (χ1) is 5.43. The molecule has 1 rings (SSSR count). The van der Waals surface area contributed by atoms with Gasteiger partial charge >= 0.3 is 0 Å². The Bertz CT molecular complexity index is 137. The molecular formula is C10H16O. The lowest BCUT2D eigenvalue weighted by Gasteiger charge is -2.06. The molecule has 0 aromatic heterocycles. The van der Waals surface area contributed by atoms with Gasteiger partial charge in [0.15, 0.2) is 0 Å². The SMILES string of the molecule is OCC=CC1CCC=CCC1. The van der Waals surface area contributed by atoms with Crippen LogP contribution in [0.5, 0.6) is 0 Å². The quantitative estimate of drug-likeness (QED) is 0.602. The second kappa shape index (κ2) is 5.14. The zero-order valence-electron chi connectivity index (χ0n) is 6.87. The topological polar surface area (TPSA) is 20.2 Å². The first kappa shape index (κ1) is 8.54. The summed E-state index contributed by atoms with van der Waals surface area (Å²) in [4.78, 5) is 0. The summed E-state index contributed by atoms with van der Waals surface area (Å²) in [7, 11) is 0. The van der Waals surface area contributed by atoms with E-state index in [4.69, 9.17) is 5.11 Å². The van der Waals surface area contributed by atoms with Gasteiger partial charge in [-0.3, -0.25) is 0 Å². The molecule has 0 bridgehead atoms. The third kappa shape index (κ3) is 3.38. The normalized spacial score (nSPS) is 20.8. The highest BCUT2D eigenvalue weighted by Gasteiger charge is 2.04. The van der Waals surface area contributed by atoms with Crippen molar-refractivity contribution in [2.45, 2.75) is 25.7 Å². The molecule has 0 aliphatic heterocycles. The fourth-order valence-electron chi connectivity index (χ4n) is 1.45. The van der Waals surface area contributed by atoms with Gasteiger partial charge in [-0.15, -0.1) is 0 Å². The Kier molecular flexibility index (Phi) is 3.99. The van der Waals surface area contributed by atoms with Crippen LogP contribution in [0, 0.1) is 5.92 Å². The molecule has 62 valence electrons. The van der Waals surface area contributed by atoms with E-state index in [1.807, 2.05) is 6.08 Å². The van der Waals surface area contributed by atoms with Crippen molar-refractivity contribution in [1.82, 2.24) is 0 Å². The zero-order valence-corrected chi connectivity index (χ0v) is 6.87. The molecule has 11 heavy (non-hydrogen) atoms. The molecule has 0 heterocycles. The van der Waals surface area contributed by atoms with Crippen LogP contribution in [0.4, 0.5) is 0 Å². The van der Waals surface area contributed by atoms with E-state index in [-0.39, 0.29) is 6.61 Å². The molecule has 0 fully saturated rings. The van der Waals surface area contributed by atoms with E-state index in [0.717, 1.165) is 0 Å². The standard InChI is InChI=1S/C10H16O/c11-9-5-8-10-6-3-1-2-4-7-10/h1-2,5,8,10-11H,3-4,6-7,9H2. The van der Waals surface area contributed by atoms with Gasteiger partial charge in [0, 0.05) is 0 Å². The molecule has 0 unspecified atom stereocenters. The van der Waals surface area contributed by atoms with Crippen molar-refractivity contribution >= 4 is 0 Å². The maximum absolute atomic E-state index is 8.56. The van der Waals surface area contributed by atoms with Gasteiger partial charge in [0.1, 0.15) is 0 Å². The second-order valence-electron chi connectivity index (χ2n) is 3.00. The lowest BCUT2D eigenvalue weighted by atomic mass is 10.00. The number of aliphatic hydroxyl groups is 1. The van der Waals surface area contributed by atoms with Crippen LogP contribution in [-0.2, 0) is 0 Å². The van der Waals surface area contributed by atoms with Crippen molar-refractivity contribution in [3.8, 4) is 0 Å². The van der Waals surface area contributed by atoms with Crippen molar-refractivity contribution in [2.75, 3.05) is 6.61 Å². The number of allylic oxidation sites excluding steroid dienone is 3. The van der Waals surface area contributed by atoms with Crippen LogP contribution in [0.15, 0.2) is 24.3 Å². The number of rotatable bonds is 2. The molecule has 0 amide bonds. The highest BCUT2D eigenvalue weighted by atomic mass is 16.2. The third-order valence-corrected chi connectivity index (χ3v) is 2.09. The molecule has 0 saturated heterocycles. The second-order valence-corrected chi connectivity index (χ2v) is 3.00. The van der Waals surface area contributed by atoms with Gasteiger partial charge < -0.3 is 5.11 Å². The first-order valence-corrected chi connectivity index (χ1v) is 4.36. The molecule has 1 N–H and O–H groups in total. The summed E-state index contributed by atoms with van der Waals surface area (Å²) in [6.45, 7) is 0.184. The van der Waals surface area contributed by atoms with Crippen LogP contribution in [0.1, 0.15) is 25.7 Å². The maximum atomic E-state index is 8.56. The zero-order chi connectivity index (χ0) is 7.94. The fourth-order valence-corrected chi connectivity index (χ4v) is 1.45. The van der Waals surface area contributed by atoms with E-state index in [1.165, 1.54) is 25.7 Å². The van der Waals surface area contributed by atoms with Crippen LogP contribution >= 0.6 is 0 Å². The molecule has 0 aromatic rings. The van der Waals surface area contributed by atoms with Gasteiger partial charge in [-0.2, -0.15) is 0 Å². The first-order valence-electron chi connectivity index (χ1n) is 4.36. The Labute approximate surface area is 68.4 Å². The summed E-state index contributed by atoms with van der Waals surface area (Å²) in [5.74, 6) is 0.692. The maximum Gasteiger partial charge on any atom is 0.0612 e. The number of hydrogen-bond donors (Lipinski definition) is 1.